The number of H-pyrrole nitrogens is 1. The van der Waals surface area contributed by atoms with Crippen molar-refractivity contribution in [1.82, 2.24) is 10.3 Å². The second-order valence-corrected chi connectivity index (χ2v) is 8.30. The van der Waals surface area contributed by atoms with Crippen molar-refractivity contribution in [3.63, 3.8) is 0 Å². The molecule has 0 radical (unpaired) electrons. The van der Waals surface area contributed by atoms with E-state index in [-0.39, 0.29) is 12.0 Å². The fraction of sp³-hybridized carbons (Fsp3) is 0.292. The summed E-state index contributed by atoms with van der Waals surface area (Å²) in [7, 11) is 0. The van der Waals surface area contributed by atoms with Crippen molar-refractivity contribution in [3.05, 3.63) is 71.7 Å². The van der Waals surface area contributed by atoms with Gasteiger partial charge in [0, 0.05) is 29.1 Å². The molecule has 3 aromatic rings. The van der Waals surface area contributed by atoms with E-state index in [1.165, 1.54) is 12.1 Å². The van der Waals surface area contributed by atoms with E-state index < -0.39 is 41.9 Å². The highest BCUT2D eigenvalue weighted by atomic mass is 19.1. The molecule has 2 aromatic carbocycles. The Morgan fingerprint density at radius 2 is 1.75 bits per heavy atom. The van der Waals surface area contributed by atoms with Crippen molar-refractivity contribution in [2.24, 2.45) is 0 Å². The van der Waals surface area contributed by atoms with Gasteiger partial charge in [-0.05, 0) is 56.7 Å². The number of rotatable bonds is 7. The maximum atomic E-state index is 13.0. The van der Waals surface area contributed by atoms with Crippen molar-refractivity contribution in [2.45, 2.75) is 38.8 Å². The van der Waals surface area contributed by atoms with Gasteiger partial charge in [0.1, 0.15) is 17.5 Å². The lowest BCUT2D eigenvalue weighted by Gasteiger charge is -2.23. The molecule has 0 saturated carbocycles. The first kappa shape index (κ1) is 23.0. The van der Waals surface area contributed by atoms with Gasteiger partial charge in [-0.1, -0.05) is 18.2 Å². The number of hydrogen-bond acceptors (Lipinski definition) is 5. The Labute approximate surface area is 184 Å². The van der Waals surface area contributed by atoms with Crippen LogP contribution in [0.3, 0.4) is 0 Å². The Balaban J connectivity index is 1.73. The molecule has 1 amide bonds. The van der Waals surface area contributed by atoms with Gasteiger partial charge in [-0.2, -0.15) is 0 Å². The lowest BCUT2D eigenvalue weighted by Crippen LogP contribution is -2.45. The summed E-state index contributed by atoms with van der Waals surface area (Å²) in [6.07, 6.45) is 1.11. The average molecular weight is 440 g/mol. The van der Waals surface area contributed by atoms with E-state index in [1.54, 1.807) is 27.0 Å². The number of para-hydroxylation sites is 1. The van der Waals surface area contributed by atoms with Crippen LogP contribution in [0.15, 0.2) is 54.7 Å². The summed E-state index contributed by atoms with van der Waals surface area (Å²) in [5.74, 6) is -1.74. The number of aromatic amines is 1. The number of carbonyl (C=O) groups excluding carboxylic acids is 3. The predicted molar refractivity (Wildman–Crippen MR) is 117 cm³/mol. The van der Waals surface area contributed by atoms with Crippen molar-refractivity contribution >= 4 is 28.7 Å². The van der Waals surface area contributed by atoms with E-state index in [4.69, 9.17) is 9.47 Å². The summed E-state index contributed by atoms with van der Waals surface area (Å²) < 4.78 is 23.5. The molecule has 0 aliphatic rings. The van der Waals surface area contributed by atoms with Gasteiger partial charge in [-0.3, -0.25) is 4.79 Å². The van der Waals surface area contributed by atoms with Crippen LogP contribution in [0.5, 0.6) is 0 Å². The molecular formula is C24H25FN2O5. The van der Waals surface area contributed by atoms with Gasteiger partial charge >= 0.3 is 12.1 Å². The molecular weight excluding hydrogens is 415 g/mol. The third-order valence-electron chi connectivity index (χ3n) is 4.59. The number of ether oxygens (including phenoxy) is 2. The van der Waals surface area contributed by atoms with Crippen LogP contribution in [0.25, 0.3) is 10.9 Å². The minimum atomic E-state index is -1.08. The molecule has 1 atom stereocenters. The van der Waals surface area contributed by atoms with Gasteiger partial charge in [0.2, 0.25) is 0 Å². The van der Waals surface area contributed by atoms with E-state index in [2.05, 4.69) is 10.3 Å². The lowest BCUT2D eigenvalue weighted by molar-refractivity contribution is -0.145. The molecule has 2 N–H and O–H groups in total. The third-order valence-corrected chi connectivity index (χ3v) is 4.59. The number of carbonyl (C=O) groups is 3. The van der Waals surface area contributed by atoms with Crippen LogP contribution in [0, 0.1) is 5.82 Å². The van der Waals surface area contributed by atoms with E-state index in [0.717, 1.165) is 28.6 Å². The molecule has 1 unspecified atom stereocenters. The van der Waals surface area contributed by atoms with Crippen molar-refractivity contribution in [1.29, 1.82) is 0 Å². The molecule has 0 spiro atoms. The van der Waals surface area contributed by atoms with Gasteiger partial charge in [-0.15, -0.1) is 0 Å². The van der Waals surface area contributed by atoms with Crippen LogP contribution in [0.2, 0.25) is 0 Å². The largest absolute Gasteiger partial charge is 0.456 e. The number of Topliss-reactive ketones (excluding diaryl/α,β-unsaturated/α-hetero) is 1. The average Bonchev–Trinajstić information content (AvgIpc) is 3.13. The van der Waals surface area contributed by atoms with E-state index in [1.807, 2.05) is 24.3 Å². The molecule has 0 bridgehead atoms. The molecule has 3 rings (SSSR count). The summed E-state index contributed by atoms with van der Waals surface area (Å²) in [6.45, 7) is 4.59. The first-order valence-electron chi connectivity index (χ1n) is 10.1. The minimum Gasteiger partial charge on any atom is -0.456 e. The first-order chi connectivity index (χ1) is 15.1. The standard InChI is InChI=1S/C24H25FN2O5/c1-24(2,3)32-23(30)27-20(12-16-13-26-19-7-5-4-6-18(16)19)22(29)31-14-21(28)15-8-10-17(25)11-9-15/h4-11,13,20,26H,12,14H2,1-3H3,(H,27,30). The third kappa shape index (κ3) is 6.16. The van der Waals surface area contributed by atoms with Crippen LogP contribution in [0.1, 0.15) is 36.7 Å². The Kier molecular flexibility index (Phi) is 6.92. The molecule has 8 heteroatoms. The number of ketones is 1. The zero-order valence-corrected chi connectivity index (χ0v) is 18.1. The summed E-state index contributed by atoms with van der Waals surface area (Å²) in [5.41, 5.74) is 1.15. The first-order valence-corrected chi connectivity index (χ1v) is 10.1. The number of benzene rings is 2. The normalized spacial score (nSPS) is 12.2. The van der Waals surface area contributed by atoms with Gasteiger partial charge in [0.05, 0.1) is 0 Å². The summed E-state index contributed by atoms with van der Waals surface area (Å²) >= 11 is 0. The van der Waals surface area contributed by atoms with Crippen LogP contribution in [-0.4, -0.2) is 41.1 Å². The lowest BCUT2D eigenvalue weighted by atomic mass is 10.1. The van der Waals surface area contributed by atoms with Gasteiger partial charge in [-0.25, -0.2) is 14.0 Å². The summed E-state index contributed by atoms with van der Waals surface area (Å²) in [6, 6.07) is 11.4. The van der Waals surface area contributed by atoms with Gasteiger partial charge < -0.3 is 19.8 Å². The summed E-state index contributed by atoms with van der Waals surface area (Å²) in [4.78, 5) is 40.5. The van der Waals surface area contributed by atoms with E-state index in [9.17, 15) is 18.8 Å². The zero-order chi connectivity index (χ0) is 23.3. The highest BCUT2D eigenvalue weighted by Gasteiger charge is 2.27. The van der Waals surface area contributed by atoms with E-state index >= 15 is 0 Å². The maximum Gasteiger partial charge on any atom is 0.408 e. The Hall–Kier alpha value is -3.68. The molecule has 0 aliphatic carbocycles. The SMILES string of the molecule is CC(C)(C)OC(=O)NC(Cc1c[nH]c2ccccc12)C(=O)OCC(=O)c1ccc(F)cc1. The fourth-order valence-corrected chi connectivity index (χ4v) is 3.12. The number of esters is 1. The highest BCUT2D eigenvalue weighted by molar-refractivity contribution is 5.98. The van der Waals surface area contributed by atoms with Crippen LogP contribution >= 0.6 is 0 Å². The Bertz CT molecular complexity index is 1120. The number of nitrogens with one attached hydrogen (secondary N) is 2. The second-order valence-electron chi connectivity index (χ2n) is 8.30. The minimum absolute atomic E-state index is 0.132. The quantitative estimate of drug-likeness (QED) is 0.425. The molecule has 1 aromatic heterocycles. The summed E-state index contributed by atoms with van der Waals surface area (Å²) in [5, 5.41) is 3.44. The number of aromatic nitrogens is 1. The smallest absolute Gasteiger partial charge is 0.408 e. The Morgan fingerprint density at radius 1 is 1.06 bits per heavy atom. The maximum absolute atomic E-state index is 13.0. The molecule has 1 heterocycles. The van der Waals surface area contributed by atoms with Crippen LogP contribution in [0.4, 0.5) is 9.18 Å². The van der Waals surface area contributed by atoms with Crippen molar-refractivity contribution in [2.75, 3.05) is 6.61 Å². The van der Waals surface area contributed by atoms with Crippen molar-refractivity contribution < 1.29 is 28.2 Å². The monoisotopic (exact) mass is 440 g/mol. The molecule has 168 valence electrons. The second kappa shape index (κ2) is 9.64. The number of hydrogen-bond donors (Lipinski definition) is 2. The molecule has 0 saturated heterocycles. The highest BCUT2D eigenvalue weighted by Crippen LogP contribution is 2.20. The molecule has 7 nitrogen and oxygen atoms in total. The fourth-order valence-electron chi connectivity index (χ4n) is 3.12. The Morgan fingerprint density at radius 3 is 2.44 bits per heavy atom. The van der Waals surface area contributed by atoms with E-state index in [0.29, 0.717) is 0 Å². The predicted octanol–water partition coefficient (Wildman–Crippen LogP) is 4.17. The number of amides is 1. The topological polar surface area (TPSA) is 97.5 Å². The van der Waals surface area contributed by atoms with Crippen LogP contribution < -0.4 is 5.32 Å². The van der Waals surface area contributed by atoms with Gasteiger partial charge in [0.25, 0.3) is 0 Å². The molecule has 32 heavy (non-hydrogen) atoms. The van der Waals surface area contributed by atoms with Crippen LogP contribution in [-0.2, 0) is 20.7 Å². The number of halogens is 1. The zero-order valence-electron chi connectivity index (χ0n) is 18.1. The number of alkyl carbamates (subject to hydrolysis) is 1. The molecule has 0 aliphatic heterocycles. The van der Waals surface area contributed by atoms with Crippen molar-refractivity contribution in [3.8, 4) is 0 Å². The number of fused-ring (bicyclic) bond motifs is 1. The molecule has 0 fully saturated rings. The van der Waals surface area contributed by atoms with Gasteiger partial charge in [0.15, 0.2) is 12.4 Å².